The summed E-state index contributed by atoms with van der Waals surface area (Å²) in [6, 6.07) is 7.15. The van der Waals surface area contributed by atoms with Crippen LogP contribution in [0.4, 0.5) is 0 Å². The number of amides is 2. The summed E-state index contributed by atoms with van der Waals surface area (Å²) in [5.74, 6) is -1.28. The van der Waals surface area contributed by atoms with Gasteiger partial charge in [-0.3, -0.25) is 9.59 Å². The predicted octanol–water partition coefficient (Wildman–Crippen LogP) is 1.09. The number of carbonyl (C=O) groups excluding carboxylic acids is 2. The van der Waals surface area contributed by atoms with Gasteiger partial charge in [0.05, 0.1) is 0 Å². The van der Waals surface area contributed by atoms with E-state index in [-0.39, 0.29) is 6.54 Å². The van der Waals surface area contributed by atoms with E-state index in [1.165, 1.54) is 0 Å². The highest BCUT2D eigenvalue weighted by Gasteiger charge is 2.11. The summed E-state index contributed by atoms with van der Waals surface area (Å²) in [4.78, 5) is 22.3. The lowest BCUT2D eigenvalue weighted by Gasteiger charge is -2.06. The molecule has 86 valence electrons. The van der Waals surface area contributed by atoms with E-state index in [1.54, 1.807) is 25.1 Å². The van der Waals surface area contributed by atoms with Crippen LogP contribution in [-0.2, 0) is 16.1 Å². The molecule has 5 heteroatoms. The largest absolute Gasteiger partial charge is 0.348 e. The quantitative estimate of drug-likeness (QED) is 0.778. The molecule has 0 aromatic heterocycles. The second kappa shape index (κ2) is 6.12. The van der Waals surface area contributed by atoms with E-state index < -0.39 is 11.8 Å². The average Bonchev–Trinajstić information content (AvgIpc) is 2.28. The second-order valence-corrected chi connectivity index (χ2v) is 3.54. The van der Waals surface area contributed by atoms with Crippen LogP contribution >= 0.6 is 11.6 Å². The van der Waals surface area contributed by atoms with Crippen LogP contribution < -0.4 is 10.6 Å². The molecule has 0 atom stereocenters. The normalized spacial score (nSPS) is 9.62. The van der Waals surface area contributed by atoms with Gasteiger partial charge in [-0.2, -0.15) is 0 Å². The fraction of sp³-hybridized carbons (Fsp3) is 0.273. The zero-order valence-electron chi connectivity index (χ0n) is 8.92. The van der Waals surface area contributed by atoms with E-state index in [1.807, 2.05) is 6.07 Å². The van der Waals surface area contributed by atoms with Gasteiger partial charge in [0.2, 0.25) is 0 Å². The van der Waals surface area contributed by atoms with Crippen molar-refractivity contribution in [2.45, 2.75) is 13.5 Å². The Morgan fingerprint density at radius 1 is 1.19 bits per heavy atom. The molecule has 0 aliphatic carbocycles. The monoisotopic (exact) mass is 240 g/mol. The minimum atomic E-state index is -0.651. The summed E-state index contributed by atoms with van der Waals surface area (Å²) < 4.78 is 0. The van der Waals surface area contributed by atoms with Crippen molar-refractivity contribution in [1.29, 1.82) is 0 Å². The van der Waals surface area contributed by atoms with Crippen molar-refractivity contribution in [3.8, 4) is 0 Å². The molecule has 4 nitrogen and oxygen atoms in total. The molecule has 0 aliphatic rings. The van der Waals surface area contributed by atoms with Gasteiger partial charge in [-0.15, -0.1) is 0 Å². The molecular weight excluding hydrogens is 228 g/mol. The molecule has 2 amide bonds. The highest BCUT2D eigenvalue weighted by Crippen LogP contribution is 2.13. The van der Waals surface area contributed by atoms with Gasteiger partial charge in [-0.05, 0) is 18.6 Å². The Morgan fingerprint density at radius 2 is 1.81 bits per heavy atom. The maximum atomic E-state index is 11.3. The number of rotatable bonds is 3. The van der Waals surface area contributed by atoms with Crippen LogP contribution in [0.15, 0.2) is 24.3 Å². The lowest BCUT2D eigenvalue weighted by atomic mass is 10.2. The second-order valence-electron chi connectivity index (χ2n) is 3.13. The molecule has 0 bridgehead atoms. The third-order valence-electron chi connectivity index (χ3n) is 1.94. The molecule has 0 unspecified atom stereocenters. The summed E-state index contributed by atoms with van der Waals surface area (Å²) in [5, 5.41) is 5.47. The minimum absolute atomic E-state index is 0.246. The van der Waals surface area contributed by atoms with E-state index in [2.05, 4.69) is 10.6 Å². The van der Waals surface area contributed by atoms with Crippen LogP contribution in [0, 0.1) is 0 Å². The van der Waals surface area contributed by atoms with Crippen molar-refractivity contribution in [3.05, 3.63) is 34.9 Å². The molecule has 0 heterocycles. The Morgan fingerprint density at radius 3 is 2.44 bits per heavy atom. The first-order chi connectivity index (χ1) is 7.65. The molecule has 1 aromatic carbocycles. The number of halogens is 1. The Balaban J connectivity index is 2.49. The number of carbonyl (C=O) groups is 2. The summed E-state index contributed by atoms with van der Waals surface area (Å²) in [7, 11) is 0. The first-order valence-electron chi connectivity index (χ1n) is 4.94. The van der Waals surface area contributed by atoms with Crippen LogP contribution in [0.2, 0.25) is 5.02 Å². The molecule has 0 aliphatic heterocycles. The van der Waals surface area contributed by atoms with Gasteiger partial charge in [0.25, 0.3) is 0 Å². The lowest BCUT2D eigenvalue weighted by Crippen LogP contribution is -2.39. The van der Waals surface area contributed by atoms with E-state index in [4.69, 9.17) is 11.6 Å². The summed E-state index contributed by atoms with van der Waals surface area (Å²) in [6.07, 6.45) is 0. The van der Waals surface area contributed by atoms with Crippen molar-refractivity contribution in [1.82, 2.24) is 10.6 Å². The smallest absolute Gasteiger partial charge is 0.309 e. The van der Waals surface area contributed by atoms with Gasteiger partial charge in [-0.1, -0.05) is 29.8 Å². The molecule has 2 N–H and O–H groups in total. The summed E-state index contributed by atoms with van der Waals surface area (Å²) in [6.45, 7) is 2.42. The third kappa shape index (κ3) is 3.55. The highest BCUT2D eigenvalue weighted by molar-refractivity contribution is 6.35. The van der Waals surface area contributed by atoms with Crippen molar-refractivity contribution >= 4 is 23.4 Å². The SMILES string of the molecule is CCNC(=O)C(=O)NCc1ccccc1Cl. The van der Waals surface area contributed by atoms with Gasteiger partial charge >= 0.3 is 11.8 Å². The first-order valence-corrected chi connectivity index (χ1v) is 5.32. The lowest BCUT2D eigenvalue weighted by molar-refractivity contribution is -0.139. The molecule has 1 aromatic rings. The summed E-state index contributed by atoms with van der Waals surface area (Å²) in [5.41, 5.74) is 0.779. The van der Waals surface area contributed by atoms with Crippen LogP contribution in [0.5, 0.6) is 0 Å². The van der Waals surface area contributed by atoms with Gasteiger partial charge in [0, 0.05) is 18.1 Å². The highest BCUT2D eigenvalue weighted by atomic mass is 35.5. The molecular formula is C11H13ClN2O2. The Hall–Kier alpha value is -1.55. The van der Waals surface area contributed by atoms with Crippen molar-refractivity contribution in [2.75, 3.05) is 6.54 Å². The zero-order valence-corrected chi connectivity index (χ0v) is 9.67. The number of likely N-dealkylation sites (N-methyl/N-ethyl adjacent to an activating group) is 1. The van der Waals surface area contributed by atoms with E-state index in [9.17, 15) is 9.59 Å². The van der Waals surface area contributed by atoms with Crippen molar-refractivity contribution in [2.24, 2.45) is 0 Å². The topological polar surface area (TPSA) is 58.2 Å². The zero-order chi connectivity index (χ0) is 12.0. The van der Waals surface area contributed by atoms with Crippen LogP contribution in [0.25, 0.3) is 0 Å². The Bertz CT molecular complexity index is 393. The van der Waals surface area contributed by atoms with Crippen molar-refractivity contribution < 1.29 is 9.59 Å². The number of benzene rings is 1. The van der Waals surface area contributed by atoms with E-state index in [0.29, 0.717) is 11.6 Å². The van der Waals surface area contributed by atoms with Gasteiger partial charge in [0.15, 0.2) is 0 Å². The molecule has 0 fully saturated rings. The summed E-state index contributed by atoms with van der Waals surface area (Å²) >= 11 is 5.90. The molecule has 0 spiro atoms. The third-order valence-corrected chi connectivity index (χ3v) is 2.31. The maximum Gasteiger partial charge on any atom is 0.309 e. The number of nitrogens with one attached hydrogen (secondary N) is 2. The molecule has 0 saturated carbocycles. The van der Waals surface area contributed by atoms with Gasteiger partial charge in [0.1, 0.15) is 0 Å². The molecule has 16 heavy (non-hydrogen) atoms. The standard InChI is InChI=1S/C11H13ClN2O2/c1-2-13-10(15)11(16)14-7-8-5-3-4-6-9(8)12/h3-6H,2,7H2,1H3,(H,13,15)(H,14,16). The van der Waals surface area contributed by atoms with Crippen LogP contribution in [0.3, 0.4) is 0 Å². The van der Waals surface area contributed by atoms with Crippen molar-refractivity contribution in [3.63, 3.8) is 0 Å². The molecule has 0 radical (unpaired) electrons. The minimum Gasteiger partial charge on any atom is -0.348 e. The van der Waals surface area contributed by atoms with E-state index >= 15 is 0 Å². The molecule has 0 saturated heterocycles. The number of hydrogen-bond acceptors (Lipinski definition) is 2. The van der Waals surface area contributed by atoms with Gasteiger partial charge < -0.3 is 10.6 Å². The van der Waals surface area contributed by atoms with Crippen LogP contribution in [0.1, 0.15) is 12.5 Å². The van der Waals surface area contributed by atoms with Crippen LogP contribution in [-0.4, -0.2) is 18.4 Å². The fourth-order valence-electron chi connectivity index (χ4n) is 1.14. The predicted molar refractivity (Wildman–Crippen MR) is 62.0 cm³/mol. The maximum absolute atomic E-state index is 11.3. The molecule has 1 rings (SSSR count). The van der Waals surface area contributed by atoms with E-state index in [0.717, 1.165) is 5.56 Å². The van der Waals surface area contributed by atoms with Gasteiger partial charge in [-0.25, -0.2) is 0 Å². The number of hydrogen-bond donors (Lipinski definition) is 2. The first kappa shape index (κ1) is 12.5. The Labute approximate surface area is 99.0 Å². The average molecular weight is 241 g/mol. The Kier molecular flexibility index (Phi) is 4.79. The fourth-order valence-corrected chi connectivity index (χ4v) is 1.34.